The predicted octanol–water partition coefficient (Wildman–Crippen LogP) is 6.32. The number of phenols is 1. The lowest BCUT2D eigenvalue weighted by molar-refractivity contribution is -0.123. The number of carbonyl (C=O) groups excluding carboxylic acids is 2. The molecule has 0 saturated carbocycles. The lowest BCUT2D eigenvalue weighted by Gasteiger charge is -2.12. The second-order valence-electron chi connectivity index (χ2n) is 9.20. The number of ether oxygens (including phenoxy) is 1. The van der Waals surface area contributed by atoms with Crippen LogP contribution in [0.4, 0.5) is 0 Å². The standard InChI is InChI=1S/C33H26ClN3O4/c34-29-18-25(13-15-30(29)38)33(40)37-36-20-26-14-16-31(28-12-5-4-11-27(26)28)41-21-32(39)35-19-22-7-6-10-24(17-22)23-8-2-1-3-9-23/h1-18,20,38H,19,21H2,(H,35,39)(H,37,40). The predicted molar refractivity (Wildman–Crippen MR) is 161 cm³/mol. The maximum absolute atomic E-state index is 12.6. The summed E-state index contributed by atoms with van der Waals surface area (Å²) >= 11 is 5.88. The van der Waals surface area contributed by atoms with Crippen molar-refractivity contribution in [1.82, 2.24) is 10.7 Å². The Morgan fingerprint density at radius 3 is 2.39 bits per heavy atom. The smallest absolute Gasteiger partial charge is 0.271 e. The maximum Gasteiger partial charge on any atom is 0.271 e. The Bertz CT molecular complexity index is 1740. The zero-order valence-corrected chi connectivity index (χ0v) is 22.6. The Balaban J connectivity index is 1.20. The van der Waals surface area contributed by atoms with Crippen LogP contribution in [-0.2, 0) is 11.3 Å². The number of hydrazone groups is 1. The van der Waals surface area contributed by atoms with Crippen LogP contribution >= 0.6 is 11.6 Å². The fourth-order valence-electron chi connectivity index (χ4n) is 4.29. The number of benzene rings is 5. The summed E-state index contributed by atoms with van der Waals surface area (Å²) in [6.45, 7) is 0.252. The van der Waals surface area contributed by atoms with Crippen molar-refractivity contribution in [3.8, 4) is 22.6 Å². The molecule has 0 unspecified atom stereocenters. The highest BCUT2D eigenvalue weighted by atomic mass is 35.5. The molecule has 2 amide bonds. The van der Waals surface area contributed by atoms with Crippen LogP contribution < -0.4 is 15.5 Å². The first-order valence-electron chi connectivity index (χ1n) is 12.9. The number of aromatic hydroxyl groups is 1. The molecule has 3 N–H and O–H groups in total. The normalized spacial score (nSPS) is 11.0. The molecular formula is C33H26ClN3O4. The van der Waals surface area contributed by atoms with Crippen molar-refractivity contribution in [3.63, 3.8) is 0 Å². The lowest BCUT2D eigenvalue weighted by atomic mass is 10.0. The minimum Gasteiger partial charge on any atom is -0.506 e. The van der Waals surface area contributed by atoms with E-state index in [2.05, 4.69) is 34.0 Å². The summed E-state index contributed by atoms with van der Waals surface area (Å²) in [5, 5.41) is 18.2. The summed E-state index contributed by atoms with van der Waals surface area (Å²) in [6, 6.07) is 33.4. The molecule has 0 saturated heterocycles. The molecule has 0 radical (unpaired) electrons. The first-order chi connectivity index (χ1) is 20.0. The molecule has 204 valence electrons. The van der Waals surface area contributed by atoms with E-state index in [4.69, 9.17) is 16.3 Å². The van der Waals surface area contributed by atoms with Gasteiger partial charge >= 0.3 is 0 Å². The van der Waals surface area contributed by atoms with Gasteiger partial charge < -0.3 is 15.2 Å². The number of carbonyl (C=O) groups is 2. The van der Waals surface area contributed by atoms with Gasteiger partial charge in [-0.05, 0) is 58.5 Å². The van der Waals surface area contributed by atoms with Crippen LogP contribution in [0, 0.1) is 0 Å². The average Bonchev–Trinajstić information content (AvgIpc) is 3.01. The lowest BCUT2D eigenvalue weighted by Crippen LogP contribution is -2.28. The number of rotatable bonds is 9. The number of halogens is 1. The molecule has 0 heterocycles. The fraction of sp³-hybridized carbons (Fsp3) is 0.0606. The molecule has 5 aromatic carbocycles. The summed E-state index contributed by atoms with van der Waals surface area (Å²) in [5.74, 6) is -0.250. The SMILES string of the molecule is O=C(COc1ccc(C=NNC(=O)c2ccc(O)c(Cl)c2)c2ccccc12)NCc1cccc(-c2ccccc2)c1. The van der Waals surface area contributed by atoms with E-state index in [9.17, 15) is 14.7 Å². The van der Waals surface area contributed by atoms with Gasteiger partial charge in [-0.15, -0.1) is 0 Å². The van der Waals surface area contributed by atoms with E-state index in [1.54, 1.807) is 12.1 Å². The van der Waals surface area contributed by atoms with E-state index in [1.165, 1.54) is 24.4 Å². The number of amides is 2. The van der Waals surface area contributed by atoms with Crippen molar-refractivity contribution in [2.45, 2.75) is 6.54 Å². The molecule has 8 heteroatoms. The molecule has 41 heavy (non-hydrogen) atoms. The molecule has 7 nitrogen and oxygen atoms in total. The molecule has 5 rings (SSSR count). The number of phenolic OH excluding ortho intramolecular Hbond substituents is 1. The van der Waals surface area contributed by atoms with E-state index in [0.29, 0.717) is 12.3 Å². The minimum absolute atomic E-state index is 0.0779. The Morgan fingerprint density at radius 1 is 0.829 bits per heavy atom. The highest BCUT2D eigenvalue weighted by Crippen LogP contribution is 2.28. The van der Waals surface area contributed by atoms with Crippen molar-refractivity contribution in [2.75, 3.05) is 6.61 Å². The molecule has 0 spiro atoms. The van der Waals surface area contributed by atoms with E-state index in [1.807, 2.05) is 60.7 Å². The first-order valence-corrected chi connectivity index (χ1v) is 13.2. The van der Waals surface area contributed by atoms with E-state index in [-0.39, 0.29) is 28.8 Å². The molecule has 0 aliphatic heterocycles. The number of hydrogen-bond acceptors (Lipinski definition) is 5. The molecule has 0 aliphatic rings. The number of hydrogen-bond donors (Lipinski definition) is 3. The summed E-state index contributed by atoms with van der Waals surface area (Å²) < 4.78 is 5.88. The summed E-state index contributed by atoms with van der Waals surface area (Å²) in [7, 11) is 0. The number of nitrogens with one attached hydrogen (secondary N) is 2. The van der Waals surface area contributed by atoms with Crippen molar-refractivity contribution >= 4 is 40.4 Å². The van der Waals surface area contributed by atoms with Gasteiger partial charge in [-0.1, -0.05) is 84.4 Å². The van der Waals surface area contributed by atoms with Crippen molar-refractivity contribution in [2.24, 2.45) is 5.10 Å². The van der Waals surface area contributed by atoms with Gasteiger partial charge in [0, 0.05) is 23.1 Å². The Kier molecular flexibility index (Phi) is 8.57. The van der Waals surface area contributed by atoms with Crippen LogP contribution in [0.15, 0.2) is 114 Å². The molecule has 0 atom stereocenters. The van der Waals surface area contributed by atoms with Gasteiger partial charge in [-0.3, -0.25) is 9.59 Å². The van der Waals surface area contributed by atoms with Gasteiger partial charge in [0.2, 0.25) is 0 Å². The Morgan fingerprint density at radius 2 is 1.59 bits per heavy atom. The van der Waals surface area contributed by atoms with Gasteiger partial charge in [0.1, 0.15) is 11.5 Å². The second kappa shape index (κ2) is 12.8. The molecular weight excluding hydrogens is 538 g/mol. The van der Waals surface area contributed by atoms with Crippen LogP contribution in [0.3, 0.4) is 0 Å². The van der Waals surface area contributed by atoms with Crippen LogP contribution in [0.1, 0.15) is 21.5 Å². The molecule has 0 fully saturated rings. The minimum atomic E-state index is -0.467. The quantitative estimate of drug-likeness (QED) is 0.144. The van der Waals surface area contributed by atoms with Crippen molar-refractivity contribution in [3.05, 3.63) is 131 Å². The first kappa shape index (κ1) is 27.4. The Hall–Kier alpha value is -5.14. The molecule has 5 aromatic rings. The largest absolute Gasteiger partial charge is 0.506 e. The zero-order chi connectivity index (χ0) is 28.6. The van der Waals surface area contributed by atoms with Gasteiger partial charge in [0.25, 0.3) is 11.8 Å². The van der Waals surface area contributed by atoms with Crippen LogP contribution in [0.5, 0.6) is 11.5 Å². The second-order valence-corrected chi connectivity index (χ2v) is 9.60. The Labute approximate surface area is 242 Å². The van der Waals surface area contributed by atoms with Gasteiger partial charge in [0.05, 0.1) is 11.2 Å². The third-order valence-electron chi connectivity index (χ3n) is 6.38. The van der Waals surface area contributed by atoms with Crippen LogP contribution in [0.25, 0.3) is 21.9 Å². The average molecular weight is 564 g/mol. The maximum atomic E-state index is 12.6. The van der Waals surface area contributed by atoms with Crippen LogP contribution in [-0.4, -0.2) is 29.7 Å². The number of fused-ring (bicyclic) bond motifs is 1. The van der Waals surface area contributed by atoms with E-state index < -0.39 is 5.91 Å². The fourth-order valence-corrected chi connectivity index (χ4v) is 4.47. The molecule has 0 bridgehead atoms. The molecule has 0 aliphatic carbocycles. The zero-order valence-electron chi connectivity index (χ0n) is 21.9. The summed E-state index contributed by atoms with van der Waals surface area (Å²) in [5.41, 5.74) is 6.68. The van der Waals surface area contributed by atoms with Crippen molar-refractivity contribution in [1.29, 1.82) is 0 Å². The monoisotopic (exact) mass is 563 g/mol. The van der Waals surface area contributed by atoms with Gasteiger partial charge in [-0.2, -0.15) is 5.10 Å². The van der Waals surface area contributed by atoms with E-state index >= 15 is 0 Å². The topological polar surface area (TPSA) is 100 Å². The number of nitrogens with zero attached hydrogens (tertiary/aromatic N) is 1. The highest BCUT2D eigenvalue weighted by Gasteiger charge is 2.10. The summed E-state index contributed by atoms with van der Waals surface area (Å²) in [6.07, 6.45) is 1.53. The van der Waals surface area contributed by atoms with Crippen LogP contribution in [0.2, 0.25) is 5.02 Å². The van der Waals surface area contributed by atoms with Gasteiger partial charge in [-0.25, -0.2) is 5.43 Å². The third kappa shape index (κ3) is 6.90. The van der Waals surface area contributed by atoms with E-state index in [0.717, 1.165) is 33.0 Å². The molecule has 0 aromatic heterocycles. The van der Waals surface area contributed by atoms with Crippen molar-refractivity contribution < 1.29 is 19.4 Å². The third-order valence-corrected chi connectivity index (χ3v) is 6.68. The van der Waals surface area contributed by atoms with Gasteiger partial charge in [0.15, 0.2) is 6.61 Å². The highest BCUT2D eigenvalue weighted by molar-refractivity contribution is 6.32. The summed E-state index contributed by atoms with van der Waals surface area (Å²) in [4.78, 5) is 25.0.